The number of rotatable bonds is 6. The third-order valence-electron chi connectivity index (χ3n) is 4.84. The summed E-state index contributed by atoms with van der Waals surface area (Å²) in [6.07, 6.45) is 4.38. The van der Waals surface area contributed by atoms with E-state index in [-0.39, 0.29) is 6.04 Å². The van der Waals surface area contributed by atoms with E-state index >= 15 is 0 Å². The van der Waals surface area contributed by atoms with Gasteiger partial charge in [0.1, 0.15) is 17.5 Å². The van der Waals surface area contributed by atoms with Crippen molar-refractivity contribution in [3.63, 3.8) is 0 Å². The first-order chi connectivity index (χ1) is 12.7. The minimum atomic E-state index is -0.00886. The molecule has 0 fully saturated rings. The zero-order chi connectivity index (χ0) is 18.5. The minimum Gasteiger partial charge on any atom is -0.497 e. The largest absolute Gasteiger partial charge is 0.497 e. The highest BCUT2D eigenvalue weighted by Crippen LogP contribution is 2.39. The Morgan fingerprint density at radius 3 is 2.81 bits per heavy atom. The van der Waals surface area contributed by atoms with E-state index < -0.39 is 0 Å². The summed E-state index contributed by atoms with van der Waals surface area (Å²) in [7, 11) is 3.39. The van der Waals surface area contributed by atoms with Gasteiger partial charge in [0.2, 0.25) is 0 Å². The number of nitrogens with zero attached hydrogens (tertiary/aromatic N) is 2. The van der Waals surface area contributed by atoms with Crippen molar-refractivity contribution >= 4 is 17.3 Å². The van der Waals surface area contributed by atoms with E-state index in [0.29, 0.717) is 0 Å². The highest BCUT2D eigenvalue weighted by molar-refractivity contribution is 7.80. The summed E-state index contributed by atoms with van der Waals surface area (Å²) in [5.74, 6) is 1.65. The average Bonchev–Trinajstić information content (AvgIpc) is 3.15. The molecule has 1 N–H and O–H groups in total. The van der Waals surface area contributed by atoms with Gasteiger partial charge in [0.25, 0.3) is 0 Å². The molecule has 26 heavy (non-hydrogen) atoms. The van der Waals surface area contributed by atoms with Crippen LogP contribution in [0.1, 0.15) is 37.1 Å². The zero-order valence-electron chi connectivity index (χ0n) is 15.7. The fraction of sp³-hybridized carbons (Fsp3) is 0.450. The molecule has 1 aliphatic heterocycles. The number of hydrogen-bond donors (Lipinski definition) is 1. The number of methoxy groups -OCH3 is 2. The summed E-state index contributed by atoms with van der Waals surface area (Å²) in [6.45, 7) is 4.85. The van der Waals surface area contributed by atoms with E-state index in [9.17, 15) is 0 Å². The van der Waals surface area contributed by atoms with Crippen LogP contribution in [0, 0.1) is 0 Å². The van der Waals surface area contributed by atoms with Gasteiger partial charge < -0.3 is 24.3 Å². The number of thiocarbonyl (C=S) groups is 1. The molecule has 3 rings (SSSR count). The topological polar surface area (TPSA) is 38.7 Å². The van der Waals surface area contributed by atoms with Crippen LogP contribution in [0.15, 0.2) is 36.5 Å². The SMILES string of the molecule is CCCCNC(=S)N1CCn2cccc2[C@H]1c1cc(OC)ccc1OC. The number of ether oxygens (including phenoxy) is 2. The van der Waals surface area contributed by atoms with Crippen LogP contribution in [0.3, 0.4) is 0 Å². The van der Waals surface area contributed by atoms with Crippen LogP contribution in [0.5, 0.6) is 11.5 Å². The molecule has 2 aromatic rings. The molecule has 140 valence electrons. The van der Waals surface area contributed by atoms with Crippen molar-refractivity contribution in [1.29, 1.82) is 0 Å². The summed E-state index contributed by atoms with van der Waals surface area (Å²) in [5.41, 5.74) is 2.27. The molecule has 1 aliphatic rings. The number of hydrogen-bond acceptors (Lipinski definition) is 3. The van der Waals surface area contributed by atoms with E-state index in [1.807, 2.05) is 18.2 Å². The molecule has 1 atom stereocenters. The third kappa shape index (κ3) is 3.65. The summed E-state index contributed by atoms with van der Waals surface area (Å²) >= 11 is 5.74. The van der Waals surface area contributed by atoms with Crippen molar-refractivity contribution in [2.24, 2.45) is 0 Å². The molecule has 0 aliphatic carbocycles. The normalized spacial score (nSPS) is 16.1. The molecule has 2 heterocycles. The fourth-order valence-electron chi connectivity index (χ4n) is 3.46. The first-order valence-corrected chi connectivity index (χ1v) is 9.51. The Bertz CT molecular complexity index is 759. The van der Waals surface area contributed by atoms with Gasteiger partial charge in [-0.15, -0.1) is 0 Å². The van der Waals surface area contributed by atoms with Gasteiger partial charge in [-0.2, -0.15) is 0 Å². The minimum absolute atomic E-state index is 0.00886. The van der Waals surface area contributed by atoms with Crippen LogP contribution >= 0.6 is 12.2 Å². The third-order valence-corrected chi connectivity index (χ3v) is 5.22. The van der Waals surface area contributed by atoms with Gasteiger partial charge in [0, 0.05) is 37.1 Å². The van der Waals surface area contributed by atoms with Gasteiger partial charge in [-0.05, 0) is 49.0 Å². The lowest BCUT2D eigenvalue weighted by Gasteiger charge is -2.39. The van der Waals surface area contributed by atoms with Gasteiger partial charge in [-0.3, -0.25) is 0 Å². The second-order valence-corrected chi connectivity index (χ2v) is 6.80. The Labute approximate surface area is 160 Å². The quantitative estimate of drug-likeness (QED) is 0.619. The lowest BCUT2D eigenvalue weighted by Crippen LogP contribution is -2.47. The molecule has 1 aromatic heterocycles. The Hall–Kier alpha value is -2.21. The maximum Gasteiger partial charge on any atom is 0.169 e. The molecule has 0 saturated heterocycles. The maximum atomic E-state index is 5.74. The van der Waals surface area contributed by atoms with E-state index in [0.717, 1.165) is 54.7 Å². The molecule has 0 bridgehead atoms. The van der Waals surface area contributed by atoms with Gasteiger partial charge in [-0.1, -0.05) is 13.3 Å². The van der Waals surface area contributed by atoms with Crippen LogP contribution in [-0.4, -0.2) is 41.9 Å². The summed E-state index contributed by atoms with van der Waals surface area (Å²) in [6, 6.07) is 10.2. The van der Waals surface area contributed by atoms with E-state index in [1.165, 1.54) is 5.69 Å². The standard InChI is InChI=1S/C20H27N3O2S/c1-4-5-10-21-20(26)23-13-12-22-11-6-7-17(22)19(23)16-14-15(24-2)8-9-18(16)25-3/h6-9,11,14,19H,4-5,10,12-13H2,1-3H3,(H,21,26)/t19-/m1/s1. The highest BCUT2D eigenvalue weighted by atomic mass is 32.1. The van der Waals surface area contributed by atoms with Crippen LogP contribution in [0.2, 0.25) is 0 Å². The first kappa shape index (κ1) is 18.6. The number of aromatic nitrogens is 1. The number of fused-ring (bicyclic) bond motifs is 1. The summed E-state index contributed by atoms with van der Waals surface area (Å²) in [5, 5.41) is 4.21. The molecule has 0 amide bonds. The van der Waals surface area contributed by atoms with Crippen molar-refractivity contribution in [3.8, 4) is 11.5 Å². The molecule has 0 saturated carbocycles. The maximum absolute atomic E-state index is 5.74. The molecule has 0 unspecified atom stereocenters. The second-order valence-electron chi connectivity index (χ2n) is 6.42. The summed E-state index contributed by atoms with van der Waals surface area (Å²) < 4.78 is 13.4. The van der Waals surface area contributed by atoms with E-state index in [1.54, 1.807) is 14.2 Å². The Balaban J connectivity index is 2.00. The number of unbranched alkanes of at least 4 members (excludes halogenated alkanes) is 1. The van der Waals surface area contributed by atoms with Gasteiger partial charge in [0.15, 0.2) is 5.11 Å². The van der Waals surface area contributed by atoms with Crippen LogP contribution in [-0.2, 0) is 6.54 Å². The van der Waals surface area contributed by atoms with Crippen molar-refractivity contribution in [2.75, 3.05) is 27.3 Å². The highest BCUT2D eigenvalue weighted by Gasteiger charge is 2.32. The Morgan fingerprint density at radius 2 is 2.08 bits per heavy atom. The van der Waals surface area contributed by atoms with Crippen LogP contribution < -0.4 is 14.8 Å². The van der Waals surface area contributed by atoms with Crippen LogP contribution in [0.4, 0.5) is 0 Å². The first-order valence-electron chi connectivity index (χ1n) is 9.11. The molecule has 5 nitrogen and oxygen atoms in total. The molecular formula is C20H27N3O2S. The van der Waals surface area contributed by atoms with Crippen molar-refractivity contribution in [2.45, 2.75) is 32.4 Å². The monoisotopic (exact) mass is 373 g/mol. The predicted octanol–water partition coefficient (Wildman–Crippen LogP) is 3.58. The molecule has 0 spiro atoms. The second kappa shape index (κ2) is 8.45. The van der Waals surface area contributed by atoms with Crippen molar-refractivity contribution < 1.29 is 9.47 Å². The van der Waals surface area contributed by atoms with Gasteiger partial charge >= 0.3 is 0 Å². The lowest BCUT2D eigenvalue weighted by atomic mass is 9.99. The van der Waals surface area contributed by atoms with Gasteiger partial charge in [0.05, 0.1) is 14.2 Å². The Kier molecular flexibility index (Phi) is 6.04. The van der Waals surface area contributed by atoms with E-state index in [2.05, 4.69) is 40.0 Å². The van der Waals surface area contributed by atoms with E-state index in [4.69, 9.17) is 21.7 Å². The van der Waals surface area contributed by atoms with Gasteiger partial charge in [-0.25, -0.2) is 0 Å². The fourth-order valence-corrected chi connectivity index (χ4v) is 3.75. The van der Waals surface area contributed by atoms with Crippen molar-refractivity contribution in [1.82, 2.24) is 14.8 Å². The number of nitrogens with one attached hydrogen (secondary N) is 1. The average molecular weight is 374 g/mol. The zero-order valence-corrected chi connectivity index (χ0v) is 16.5. The predicted molar refractivity (Wildman–Crippen MR) is 108 cm³/mol. The molecule has 6 heteroatoms. The number of benzene rings is 1. The molecule has 0 radical (unpaired) electrons. The molecular weight excluding hydrogens is 346 g/mol. The van der Waals surface area contributed by atoms with Crippen LogP contribution in [0.25, 0.3) is 0 Å². The molecule has 1 aromatic carbocycles. The van der Waals surface area contributed by atoms with Crippen molar-refractivity contribution in [3.05, 3.63) is 47.8 Å². The lowest BCUT2D eigenvalue weighted by molar-refractivity contribution is 0.277. The summed E-state index contributed by atoms with van der Waals surface area (Å²) in [4.78, 5) is 2.26. The smallest absolute Gasteiger partial charge is 0.169 e. The Morgan fingerprint density at radius 1 is 1.23 bits per heavy atom.